The molecule has 0 aliphatic heterocycles. The molecule has 138 valence electrons. The maximum absolute atomic E-state index is 5.87. The average molecular weight is 386 g/mol. The Labute approximate surface area is 167 Å². The Morgan fingerprint density at radius 2 is 1.64 bits per heavy atom. The molecule has 0 saturated heterocycles. The molecule has 4 rings (SSSR count). The summed E-state index contributed by atoms with van der Waals surface area (Å²) in [4.78, 5) is 0. The van der Waals surface area contributed by atoms with Crippen LogP contribution >= 0.6 is 11.8 Å². The van der Waals surface area contributed by atoms with Gasteiger partial charge in [0.2, 0.25) is 5.16 Å². The molecule has 0 amide bonds. The first-order chi connectivity index (χ1) is 13.9. The number of hydrogen-bond donors (Lipinski definition) is 0. The monoisotopic (exact) mass is 386 g/mol. The van der Waals surface area contributed by atoms with Crippen molar-refractivity contribution in [2.75, 3.05) is 0 Å². The van der Waals surface area contributed by atoms with Gasteiger partial charge in [0.1, 0.15) is 17.8 Å². The van der Waals surface area contributed by atoms with Gasteiger partial charge < -0.3 is 4.74 Å². The summed E-state index contributed by atoms with van der Waals surface area (Å²) in [6.07, 6.45) is 3.38. The van der Waals surface area contributed by atoms with Crippen molar-refractivity contribution < 1.29 is 4.74 Å². The third-order valence-electron chi connectivity index (χ3n) is 3.88. The fourth-order valence-corrected chi connectivity index (χ4v) is 3.35. The van der Waals surface area contributed by atoms with Crippen LogP contribution in [0.15, 0.2) is 102 Å². The minimum Gasteiger partial charge on any atom is -0.457 e. The van der Waals surface area contributed by atoms with Crippen molar-refractivity contribution in [2.24, 2.45) is 5.10 Å². The van der Waals surface area contributed by atoms with Gasteiger partial charge in [-0.3, -0.25) is 0 Å². The summed E-state index contributed by atoms with van der Waals surface area (Å²) in [5.74, 6) is 2.38. The van der Waals surface area contributed by atoms with Crippen LogP contribution in [0.5, 0.6) is 11.5 Å². The molecule has 28 heavy (non-hydrogen) atoms. The zero-order valence-electron chi connectivity index (χ0n) is 15.1. The Hall–Kier alpha value is -3.38. The molecule has 0 saturated carbocycles. The summed E-state index contributed by atoms with van der Waals surface area (Å²) in [5, 5.41) is 13.4. The van der Waals surface area contributed by atoms with Crippen LogP contribution in [0, 0.1) is 0 Å². The molecule has 0 radical (unpaired) electrons. The highest BCUT2D eigenvalue weighted by Crippen LogP contribution is 2.22. The second-order valence-corrected chi connectivity index (χ2v) is 6.91. The maximum atomic E-state index is 5.87. The standard InChI is InChI=1S/C22H18N4OS/c1-3-8-18(9-4-1)16-28-22-25-23-17-26(22)24-15-19-10-7-13-21(14-19)27-20-11-5-2-6-12-20/h1-15,17H,16H2/b24-15+. The molecule has 4 aromatic rings. The van der Waals surface area contributed by atoms with Crippen molar-refractivity contribution in [1.82, 2.24) is 14.9 Å². The quantitative estimate of drug-likeness (QED) is 0.322. The Kier molecular flexibility index (Phi) is 5.80. The molecule has 0 aliphatic carbocycles. The van der Waals surface area contributed by atoms with E-state index in [-0.39, 0.29) is 0 Å². The van der Waals surface area contributed by atoms with E-state index in [0.29, 0.717) is 0 Å². The third-order valence-corrected chi connectivity index (χ3v) is 4.88. The average Bonchev–Trinajstić information content (AvgIpc) is 3.20. The van der Waals surface area contributed by atoms with Crippen molar-refractivity contribution in [3.8, 4) is 11.5 Å². The molecule has 5 nitrogen and oxygen atoms in total. The molecule has 1 aromatic heterocycles. The molecular weight excluding hydrogens is 368 g/mol. The van der Waals surface area contributed by atoms with E-state index in [9.17, 15) is 0 Å². The highest BCUT2D eigenvalue weighted by atomic mass is 32.2. The van der Waals surface area contributed by atoms with E-state index in [2.05, 4.69) is 27.4 Å². The molecule has 0 aliphatic rings. The van der Waals surface area contributed by atoms with E-state index in [0.717, 1.165) is 28.0 Å². The smallest absolute Gasteiger partial charge is 0.212 e. The lowest BCUT2D eigenvalue weighted by Crippen LogP contribution is -1.93. The zero-order chi connectivity index (χ0) is 19.0. The van der Waals surface area contributed by atoms with E-state index >= 15 is 0 Å². The van der Waals surface area contributed by atoms with Gasteiger partial charge in [-0.25, -0.2) is 0 Å². The molecule has 0 fully saturated rings. The van der Waals surface area contributed by atoms with Crippen LogP contribution in [0.4, 0.5) is 0 Å². The summed E-state index contributed by atoms with van der Waals surface area (Å²) in [6.45, 7) is 0. The molecule has 3 aromatic carbocycles. The first-order valence-corrected chi connectivity index (χ1v) is 9.79. The van der Waals surface area contributed by atoms with Crippen LogP contribution in [-0.4, -0.2) is 21.1 Å². The number of para-hydroxylation sites is 1. The second-order valence-electron chi connectivity index (χ2n) is 5.96. The lowest BCUT2D eigenvalue weighted by Gasteiger charge is -2.06. The van der Waals surface area contributed by atoms with Crippen molar-refractivity contribution in [2.45, 2.75) is 10.9 Å². The van der Waals surface area contributed by atoms with Crippen LogP contribution in [0.3, 0.4) is 0 Å². The van der Waals surface area contributed by atoms with Gasteiger partial charge >= 0.3 is 0 Å². The van der Waals surface area contributed by atoms with E-state index in [4.69, 9.17) is 4.74 Å². The van der Waals surface area contributed by atoms with Crippen LogP contribution in [0.1, 0.15) is 11.1 Å². The fraction of sp³-hybridized carbons (Fsp3) is 0.0455. The van der Waals surface area contributed by atoms with Gasteiger partial charge in [0.05, 0.1) is 6.21 Å². The fourth-order valence-electron chi connectivity index (χ4n) is 2.53. The predicted octanol–water partition coefficient (Wildman–Crippen LogP) is 5.24. The topological polar surface area (TPSA) is 52.3 Å². The molecule has 1 heterocycles. The normalized spacial score (nSPS) is 11.0. The molecule has 6 heteroatoms. The van der Waals surface area contributed by atoms with Gasteiger partial charge in [-0.1, -0.05) is 72.4 Å². The van der Waals surface area contributed by atoms with Crippen LogP contribution < -0.4 is 4.74 Å². The van der Waals surface area contributed by atoms with Crippen LogP contribution in [-0.2, 0) is 5.75 Å². The van der Waals surface area contributed by atoms with E-state index in [1.165, 1.54) is 5.56 Å². The Bertz CT molecular complexity index is 1050. The number of ether oxygens (including phenoxy) is 1. The second kappa shape index (κ2) is 9.01. The highest BCUT2D eigenvalue weighted by molar-refractivity contribution is 7.98. The summed E-state index contributed by atoms with van der Waals surface area (Å²) < 4.78 is 7.55. The number of hydrogen-bond acceptors (Lipinski definition) is 5. The summed E-state index contributed by atoms with van der Waals surface area (Å²) in [7, 11) is 0. The lowest BCUT2D eigenvalue weighted by molar-refractivity contribution is 0.482. The van der Waals surface area contributed by atoms with Gasteiger partial charge in [-0.15, -0.1) is 10.2 Å². The SMILES string of the molecule is C(=N\n1cnnc1SCc1ccccc1)/c1cccc(Oc2ccccc2)c1. The number of aromatic nitrogens is 3. The van der Waals surface area contributed by atoms with Crippen LogP contribution in [0.25, 0.3) is 0 Å². The Morgan fingerprint density at radius 3 is 2.46 bits per heavy atom. The molecule has 0 spiro atoms. The van der Waals surface area contributed by atoms with Gasteiger partial charge in [-0.2, -0.15) is 9.78 Å². The molecular formula is C22H18N4OS. The summed E-state index contributed by atoms with van der Waals surface area (Å²) in [6, 6.07) is 27.7. The lowest BCUT2D eigenvalue weighted by atomic mass is 10.2. The summed E-state index contributed by atoms with van der Waals surface area (Å²) >= 11 is 1.60. The maximum Gasteiger partial charge on any atom is 0.212 e. The number of rotatable bonds is 7. The Morgan fingerprint density at radius 1 is 0.893 bits per heavy atom. The first-order valence-electron chi connectivity index (χ1n) is 8.81. The van der Waals surface area contributed by atoms with Gasteiger partial charge in [0.15, 0.2) is 0 Å². The van der Waals surface area contributed by atoms with Crippen molar-refractivity contribution >= 4 is 18.0 Å². The molecule has 0 bridgehead atoms. The van der Waals surface area contributed by atoms with E-state index in [1.807, 2.05) is 72.8 Å². The van der Waals surface area contributed by atoms with E-state index < -0.39 is 0 Å². The Balaban J connectivity index is 1.43. The minimum atomic E-state index is 0.747. The largest absolute Gasteiger partial charge is 0.457 e. The molecule has 0 unspecified atom stereocenters. The van der Waals surface area contributed by atoms with Crippen molar-refractivity contribution in [3.63, 3.8) is 0 Å². The molecule has 0 N–H and O–H groups in total. The number of nitrogens with zero attached hydrogens (tertiary/aromatic N) is 4. The summed E-state index contributed by atoms with van der Waals surface area (Å²) in [5.41, 5.74) is 2.16. The van der Waals surface area contributed by atoms with Crippen LogP contribution in [0.2, 0.25) is 0 Å². The number of thioether (sulfide) groups is 1. The van der Waals surface area contributed by atoms with Crippen molar-refractivity contribution in [3.05, 3.63) is 102 Å². The van der Waals surface area contributed by atoms with Crippen molar-refractivity contribution in [1.29, 1.82) is 0 Å². The van der Waals surface area contributed by atoms with Gasteiger partial charge in [0.25, 0.3) is 0 Å². The van der Waals surface area contributed by atoms with Gasteiger partial charge in [0, 0.05) is 5.75 Å². The third kappa shape index (κ3) is 4.86. The predicted molar refractivity (Wildman–Crippen MR) is 112 cm³/mol. The minimum absolute atomic E-state index is 0.747. The molecule has 0 atom stereocenters. The van der Waals surface area contributed by atoms with E-state index in [1.54, 1.807) is 29.0 Å². The first kappa shape index (κ1) is 18.0. The van der Waals surface area contributed by atoms with Gasteiger partial charge in [-0.05, 0) is 35.4 Å². The zero-order valence-corrected chi connectivity index (χ0v) is 15.9. The number of benzene rings is 3. The highest BCUT2D eigenvalue weighted by Gasteiger charge is 2.04.